The van der Waals surface area contributed by atoms with E-state index in [2.05, 4.69) is 18.0 Å². The van der Waals surface area contributed by atoms with Gasteiger partial charge in [0.1, 0.15) is 0 Å². The number of imidazole rings is 1. The molecule has 4 heteroatoms. The molecule has 0 fully saturated rings. The molecule has 0 saturated carbocycles. The fourth-order valence-electron chi connectivity index (χ4n) is 2.20. The molecule has 0 N–H and O–H groups in total. The maximum absolute atomic E-state index is 12.5. The highest BCUT2D eigenvalue weighted by atomic mass is 16.1. The first-order valence-corrected chi connectivity index (χ1v) is 7.28. The first-order valence-electron chi connectivity index (χ1n) is 7.28. The van der Waals surface area contributed by atoms with Crippen molar-refractivity contribution < 1.29 is 4.79 Å². The quantitative estimate of drug-likeness (QED) is 0.731. The van der Waals surface area contributed by atoms with Crippen LogP contribution in [0.25, 0.3) is 0 Å². The minimum absolute atomic E-state index is 0.0972. The number of hydrogen-bond donors (Lipinski definition) is 0. The van der Waals surface area contributed by atoms with Crippen molar-refractivity contribution in [3.05, 3.63) is 53.6 Å². The number of carbonyl (C=O) groups is 1. The maximum atomic E-state index is 12.5. The molecule has 2 rings (SSSR count). The number of rotatable bonds is 7. The molecule has 0 amide bonds. The zero-order valence-electron chi connectivity index (χ0n) is 12.2. The molecule has 0 saturated heterocycles. The van der Waals surface area contributed by atoms with Crippen LogP contribution in [0.5, 0.6) is 0 Å². The molecule has 2 aromatic rings. The van der Waals surface area contributed by atoms with Crippen LogP contribution in [0.15, 0.2) is 36.7 Å². The number of carbonyl (C=O) groups excluding carboxylic acids is 1. The molecule has 0 radical (unpaired) electrons. The van der Waals surface area contributed by atoms with Crippen molar-refractivity contribution in [2.45, 2.75) is 39.2 Å². The van der Waals surface area contributed by atoms with Gasteiger partial charge in [0.05, 0.1) is 12.5 Å². The molecule has 4 nitrogen and oxygen atoms in total. The third-order valence-electron chi connectivity index (χ3n) is 3.42. The highest BCUT2D eigenvalue weighted by Crippen LogP contribution is 2.12. The number of benzene rings is 1. The van der Waals surface area contributed by atoms with Crippen molar-refractivity contribution in [1.82, 2.24) is 9.55 Å². The summed E-state index contributed by atoms with van der Waals surface area (Å²) >= 11 is 0. The SMILES string of the molecule is CCCCc1ccc(C(=O)c2nccn2CCC#N)cc1. The van der Waals surface area contributed by atoms with Gasteiger partial charge in [-0.1, -0.05) is 37.6 Å². The second-order valence-corrected chi connectivity index (χ2v) is 4.98. The van der Waals surface area contributed by atoms with Crippen molar-refractivity contribution >= 4 is 5.78 Å². The minimum Gasteiger partial charge on any atom is -0.327 e. The molecule has 0 spiro atoms. The van der Waals surface area contributed by atoms with Crippen molar-refractivity contribution in [3.8, 4) is 6.07 Å². The van der Waals surface area contributed by atoms with Crippen LogP contribution in [-0.4, -0.2) is 15.3 Å². The number of aromatic nitrogens is 2. The Hall–Kier alpha value is -2.41. The van der Waals surface area contributed by atoms with Crippen LogP contribution in [0.3, 0.4) is 0 Å². The van der Waals surface area contributed by atoms with Gasteiger partial charge < -0.3 is 4.57 Å². The number of unbranched alkanes of at least 4 members (excludes halogenated alkanes) is 1. The highest BCUT2D eigenvalue weighted by molar-refractivity contribution is 6.06. The third kappa shape index (κ3) is 3.79. The standard InChI is InChI=1S/C17H19N3O/c1-2-3-5-14-6-8-15(9-7-14)16(21)17-19-11-13-20(17)12-4-10-18/h6-9,11,13H,2-5,12H2,1H3. The number of nitrogens with zero attached hydrogens (tertiary/aromatic N) is 3. The van der Waals surface area contributed by atoms with Gasteiger partial charge in [-0.25, -0.2) is 4.98 Å². The van der Waals surface area contributed by atoms with E-state index in [1.807, 2.05) is 24.3 Å². The van der Waals surface area contributed by atoms with E-state index in [0.717, 1.165) is 19.3 Å². The van der Waals surface area contributed by atoms with E-state index in [1.54, 1.807) is 17.0 Å². The summed E-state index contributed by atoms with van der Waals surface area (Å²) in [6, 6.07) is 9.81. The average molecular weight is 281 g/mol. The Labute approximate surface area is 125 Å². The predicted octanol–water partition coefficient (Wildman–Crippen LogP) is 3.37. The smallest absolute Gasteiger partial charge is 0.228 e. The van der Waals surface area contributed by atoms with E-state index in [9.17, 15) is 4.79 Å². The lowest BCUT2D eigenvalue weighted by atomic mass is 10.0. The minimum atomic E-state index is -0.0972. The van der Waals surface area contributed by atoms with Crippen molar-refractivity contribution in [1.29, 1.82) is 5.26 Å². The lowest BCUT2D eigenvalue weighted by Crippen LogP contribution is -2.11. The number of ketones is 1. The number of nitriles is 1. The van der Waals surface area contributed by atoms with Crippen LogP contribution in [0.4, 0.5) is 0 Å². The zero-order chi connectivity index (χ0) is 15.1. The Morgan fingerprint density at radius 2 is 2.10 bits per heavy atom. The molecule has 1 aromatic heterocycles. The van der Waals surface area contributed by atoms with Crippen LogP contribution >= 0.6 is 0 Å². The zero-order valence-corrected chi connectivity index (χ0v) is 12.2. The largest absolute Gasteiger partial charge is 0.327 e. The molecule has 0 aliphatic carbocycles. The summed E-state index contributed by atoms with van der Waals surface area (Å²) in [7, 11) is 0. The summed E-state index contributed by atoms with van der Waals surface area (Å²) in [4.78, 5) is 16.6. The Balaban J connectivity index is 2.13. The second kappa shape index (κ2) is 7.39. The molecule has 21 heavy (non-hydrogen) atoms. The summed E-state index contributed by atoms with van der Waals surface area (Å²) in [6.45, 7) is 2.66. The van der Waals surface area contributed by atoms with Gasteiger partial charge in [0, 0.05) is 24.5 Å². The van der Waals surface area contributed by atoms with E-state index in [4.69, 9.17) is 5.26 Å². The Bertz CT molecular complexity index is 635. The van der Waals surface area contributed by atoms with Crippen LogP contribution < -0.4 is 0 Å². The van der Waals surface area contributed by atoms with Crippen LogP contribution in [-0.2, 0) is 13.0 Å². The molecule has 0 bridgehead atoms. The second-order valence-electron chi connectivity index (χ2n) is 4.98. The van der Waals surface area contributed by atoms with Gasteiger partial charge >= 0.3 is 0 Å². The van der Waals surface area contributed by atoms with Crippen LogP contribution in [0.1, 0.15) is 47.9 Å². The van der Waals surface area contributed by atoms with E-state index in [1.165, 1.54) is 5.56 Å². The number of hydrogen-bond acceptors (Lipinski definition) is 3. The van der Waals surface area contributed by atoms with E-state index in [-0.39, 0.29) is 5.78 Å². The van der Waals surface area contributed by atoms with Gasteiger partial charge in [0.2, 0.25) is 5.78 Å². The molecule has 1 aromatic carbocycles. The normalized spacial score (nSPS) is 10.3. The van der Waals surface area contributed by atoms with Gasteiger partial charge in [0.25, 0.3) is 0 Å². The summed E-state index contributed by atoms with van der Waals surface area (Å²) in [6.07, 6.45) is 7.07. The Kier molecular flexibility index (Phi) is 5.28. The molecule has 0 aliphatic rings. The fourth-order valence-corrected chi connectivity index (χ4v) is 2.20. The van der Waals surface area contributed by atoms with E-state index in [0.29, 0.717) is 24.4 Å². The lowest BCUT2D eigenvalue weighted by Gasteiger charge is -2.06. The summed E-state index contributed by atoms with van der Waals surface area (Å²) < 4.78 is 1.73. The van der Waals surface area contributed by atoms with Crippen molar-refractivity contribution in [3.63, 3.8) is 0 Å². The first-order chi connectivity index (χ1) is 10.3. The van der Waals surface area contributed by atoms with Gasteiger partial charge in [0.15, 0.2) is 5.82 Å². The van der Waals surface area contributed by atoms with Crippen LogP contribution in [0, 0.1) is 11.3 Å². The molecule has 1 heterocycles. The Morgan fingerprint density at radius 1 is 1.33 bits per heavy atom. The molecule has 0 aliphatic heterocycles. The molecule has 0 atom stereocenters. The van der Waals surface area contributed by atoms with Gasteiger partial charge in [-0.2, -0.15) is 5.26 Å². The molecule has 108 valence electrons. The number of aryl methyl sites for hydroxylation is 2. The first kappa shape index (κ1) is 15.0. The van der Waals surface area contributed by atoms with Gasteiger partial charge in [-0.3, -0.25) is 4.79 Å². The average Bonchev–Trinajstić information content (AvgIpc) is 2.99. The highest BCUT2D eigenvalue weighted by Gasteiger charge is 2.14. The third-order valence-corrected chi connectivity index (χ3v) is 3.42. The topological polar surface area (TPSA) is 58.7 Å². The van der Waals surface area contributed by atoms with Crippen molar-refractivity contribution in [2.75, 3.05) is 0 Å². The summed E-state index contributed by atoms with van der Waals surface area (Å²) in [5.41, 5.74) is 1.89. The van der Waals surface area contributed by atoms with E-state index >= 15 is 0 Å². The summed E-state index contributed by atoms with van der Waals surface area (Å²) in [5.74, 6) is 0.298. The molecular formula is C17H19N3O. The Morgan fingerprint density at radius 3 is 2.76 bits per heavy atom. The van der Waals surface area contributed by atoms with Gasteiger partial charge in [-0.15, -0.1) is 0 Å². The van der Waals surface area contributed by atoms with E-state index < -0.39 is 0 Å². The van der Waals surface area contributed by atoms with Crippen LogP contribution in [0.2, 0.25) is 0 Å². The maximum Gasteiger partial charge on any atom is 0.228 e. The molecular weight excluding hydrogens is 262 g/mol. The molecule has 0 unspecified atom stereocenters. The predicted molar refractivity (Wildman–Crippen MR) is 80.9 cm³/mol. The van der Waals surface area contributed by atoms with Gasteiger partial charge in [-0.05, 0) is 18.4 Å². The lowest BCUT2D eigenvalue weighted by molar-refractivity contribution is 0.102. The summed E-state index contributed by atoms with van der Waals surface area (Å²) in [5, 5.41) is 8.64. The monoisotopic (exact) mass is 281 g/mol. The fraction of sp³-hybridized carbons (Fsp3) is 0.353. The van der Waals surface area contributed by atoms with Crippen molar-refractivity contribution in [2.24, 2.45) is 0 Å².